The van der Waals surface area contributed by atoms with Gasteiger partial charge in [-0.1, -0.05) is 97.1 Å². The van der Waals surface area contributed by atoms with E-state index < -0.39 is 0 Å². The maximum Gasteiger partial charge on any atom is 0.145 e. The lowest BCUT2D eigenvalue weighted by Crippen LogP contribution is -2.00. The summed E-state index contributed by atoms with van der Waals surface area (Å²) in [7, 11) is 0. The molecule has 0 radical (unpaired) electrons. The summed E-state index contributed by atoms with van der Waals surface area (Å²) in [6, 6.07) is 63.1. The maximum absolute atomic E-state index is 10.2. The molecule has 0 unspecified atom stereocenters. The van der Waals surface area contributed by atoms with Crippen molar-refractivity contribution in [2.45, 2.75) is 0 Å². The van der Waals surface area contributed by atoms with Crippen LogP contribution in [0.2, 0.25) is 0 Å². The Morgan fingerprint density at radius 3 is 1.67 bits per heavy atom. The van der Waals surface area contributed by atoms with Gasteiger partial charge in [0, 0.05) is 49.4 Å². The van der Waals surface area contributed by atoms with Crippen LogP contribution in [0.1, 0.15) is 11.1 Å². The lowest BCUT2D eigenvalue weighted by atomic mass is 9.92. The highest BCUT2D eigenvalue weighted by Crippen LogP contribution is 2.42. The van der Waals surface area contributed by atoms with Crippen LogP contribution in [0.3, 0.4) is 0 Å². The van der Waals surface area contributed by atoms with E-state index in [1.165, 1.54) is 10.8 Å². The quantitative estimate of drug-likeness (QED) is 0.183. The molecular formula is C50H28N4O. The summed E-state index contributed by atoms with van der Waals surface area (Å²) in [5.41, 5.74) is 12.5. The molecule has 0 atom stereocenters. The maximum atomic E-state index is 10.2. The third-order valence-electron chi connectivity index (χ3n) is 11.0. The van der Waals surface area contributed by atoms with Crippen molar-refractivity contribution in [1.82, 2.24) is 9.13 Å². The number of aromatic nitrogens is 2. The van der Waals surface area contributed by atoms with Gasteiger partial charge >= 0.3 is 0 Å². The Morgan fingerprint density at radius 1 is 0.400 bits per heavy atom. The first kappa shape index (κ1) is 30.7. The Kier molecular flexibility index (Phi) is 6.61. The number of hydrogen-bond donors (Lipinski definition) is 0. The highest BCUT2D eigenvalue weighted by molar-refractivity contribution is 6.24. The second-order valence-corrected chi connectivity index (χ2v) is 13.9. The number of nitrogens with zero attached hydrogens (tertiary/aromatic N) is 4. The second kappa shape index (κ2) is 11.8. The molecule has 254 valence electrons. The number of furan rings is 1. The fourth-order valence-electron chi connectivity index (χ4n) is 8.59. The van der Waals surface area contributed by atoms with Gasteiger partial charge in [-0.2, -0.15) is 10.5 Å². The van der Waals surface area contributed by atoms with Gasteiger partial charge in [-0.25, -0.2) is 0 Å². The molecule has 0 fully saturated rings. The van der Waals surface area contributed by atoms with E-state index in [9.17, 15) is 10.5 Å². The van der Waals surface area contributed by atoms with E-state index in [0.717, 1.165) is 88.4 Å². The molecule has 5 nitrogen and oxygen atoms in total. The van der Waals surface area contributed by atoms with Crippen molar-refractivity contribution in [3.05, 3.63) is 181 Å². The molecule has 3 heterocycles. The highest BCUT2D eigenvalue weighted by Gasteiger charge is 2.21. The van der Waals surface area contributed by atoms with Crippen LogP contribution in [0.4, 0.5) is 0 Å². The number of para-hydroxylation sites is 4. The molecule has 0 saturated carbocycles. The minimum Gasteiger partial charge on any atom is -0.455 e. The van der Waals surface area contributed by atoms with E-state index >= 15 is 0 Å². The van der Waals surface area contributed by atoms with Crippen molar-refractivity contribution < 1.29 is 4.42 Å². The summed E-state index contributed by atoms with van der Waals surface area (Å²) in [5.74, 6) is 0. The first-order valence-corrected chi connectivity index (χ1v) is 18.2. The van der Waals surface area contributed by atoms with Crippen molar-refractivity contribution in [2.75, 3.05) is 0 Å². The number of fused-ring (bicyclic) bond motifs is 10. The fraction of sp³-hybridized carbons (Fsp3) is 0. The van der Waals surface area contributed by atoms with E-state index in [0.29, 0.717) is 11.1 Å². The molecule has 0 saturated heterocycles. The molecule has 0 spiro atoms. The van der Waals surface area contributed by atoms with Crippen LogP contribution in [0, 0.1) is 22.7 Å². The first-order valence-electron chi connectivity index (χ1n) is 18.2. The summed E-state index contributed by atoms with van der Waals surface area (Å²) in [4.78, 5) is 0. The van der Waals surface area contributed by atoms with Crippen LogP contribution in [-0.2, 0) is 0 Å². The van der Waals surface area contributed by atoms with Crippen molar-refractivity contribution in [1.29, 1.82) is 10.5 Å². The Balaban J connectivity index is 1.25. The van der Waals surface area contributed by atoms with Crippen LogP contribution >= 0.6 is 0 Å². The molecular weight excluding hydrogens is 673 g/mol. The lowest BCUT2D eigenvalue weighted by Gasteiger charge is -2.17. The van der Waals surface area contributed by atoms with Crippen LogP contribution in [-0.4, -0.2) is 9.13 Å². The first-order chi connectivity index (χ1) is 27.2. The molecule has 11 aromatic rings. The second-order valence-electron chi connectivity index (χ2n) is 13.9. The molecule has 8 aromatic carbocycles. The summed E-state index contributed by atoms with van der Waals surface area (Å²) in [6.07, 6.45) is 0. The summed E-state index contributed by atoms with van der Waals surface area (Å²) in [6.45, 7) is 0. The molecule has 3 aromatic heterocycles. The highest BCUT2D eigenvalue weighted by atomic mass is 16.3. The predicted molar refractivity (Wildman–Crippen MR) is 223 cm³/mol. The average Bonchev–Trinajstić information content (AvgIpc) is 3.91. The molecule has 0 amide bonds. The Labute approximate surface area is 315 Å². The Bertz CT molecular complexity index is 3420. The minimum absolute atomic E-state index is 0.516. The Morgan fingerprint density at radius 2 is 0.964 bits per heavy atom. The van der Waals surface area contributed by atoms with Gasteiger partial charge in [-0.15, -0.1) is 0 Å². The van der Waals surface area contributed by atoms with Crippen molar-refractivity contribution in [3.63, 3.8) is 0 Å². The zero-order valence-corrected chi connectivity index (χ0v) is 29.4. The summed E-state index contributed by atoms with van der Waals surface area (Å²) >= 11 is 0. The van der Waals surface area contributed by atoms with Crippen LogP contribution in [0.5, 0.6) is 0 Å². The zero-order valence-electron chi connectivity index (χ0n) is 29.4. The van der Waals surface area contributed by atoms with Crippen molar-refractivity contribution >= 4 is 65.6 Å². The SMILES string of the molecule is N#Cc1ccccc1-c1cc(-c2cc(-n3c4ccccc4c4ccccc43)cc(-n3c4ccccc4c4c5oc6ccccc6c5ccc43)c2)ccc1C#N. The number of benzene rings is 8. The van der Waals surface area contributed by atoms with Crippen LogP contribution in [0.25, 0.3) is 99.2 Å². The van der Waals surface area contributed by atoms with Gasteiger partial charge in [0.05, 0.1) is 50.7 Å². The third kappa shape index (κ3) is 4.51. The summed E-state index contributed by atoms with van der Waals surface area (Å²) in [5, 5.41) is 27.0. The topological polar surface area (TPSA) is 70.6 Å². The van der Waals surface area contributed by atoms with Gasteiger partial charge in [-0.05, 0) is 83.9 Å². The normalized spacial score (nSPS) is 11.6. The van der Waals surface area contributed by atoms with Gasteiger partial charge in [0.2, 0.25) is 0 Å². The van der Waals surface area contributed by atoms with Gasteiger partial charge in [-0.3, -0.25) is 0 Å². The van der Waals surface area contributed by atoms with E-state index in [-0.39, 0.29) is 0 Å². The third-order valence-corrected chi connectivity index (χ3v) is 11.0. The molecule has 0 bridgehead atoms. The van der Waals surface area contributed by atoms with Gasteiger partial charge in [0.25, 0.3) is 0 Å². The monoisotopic (exact) mass is 700 g/mol. The molecule has 55 heavy (non-hydrogen) atoms. The van der Waals surface area contributed by atoms with E-state index in [4.69, 9.17) is 4.42 Å². The molecule has 5 heteroatoms. The lowest BCUT2D eigenvalue weighted by molar-refractivity contribution is 0.673. The number of nitriles is 2. The molecule has 0 aliphatic rings. The molecule has 0 aliphatic heterocycles. The smallest absolute Gasteiger partial charge is 0.145 e. The number of hydrogen-bond acceptors (Lipinski definition) is 3. The predicted octanol–water partition coefficient (Wildman–Crippen LogP) is 12.9. The zero-order chi connectivity index (χ0) is 36.6. The molecule has 0 N–H and O–H groups in total. The fourth-order valence-corrected chi connectivity index (χ4v) is 8.59. The van der Waals surface area contributed by atoms with Gasteiger partial charge in [0.15, 0.2) is 0 Å². The minimum atomic E-state index is 0.516. The van der Waals surface area contributed by atoms with Crippen molar-refractivity contribution in [2.24, 2.45) is 0 Å². The standard InChI is InChI=1S/C50H28N4O/c51-29-32-11-1-2-12-37(32)43-27-31(21-22-33(43)30-52)34-25-35(53-44-17-7-3-13-38(44)39-14-4-8-18-45(39)53)28-36(26-34)54-46-19-9-5-16-42(46)49-47(54)24-23-41-40-15-6-10-20-48(40)55-50(41)49/h1-28H. The van der Waals surface area contributed by atoms with E-state index in [1.807, 2.05) is 48.5 Å². The van der Waals surface area contributed by atoms with Gasteiger partial charge < -0.3 is 13.6 Å². The molecule has 0 aliphatic carbocycles. The Hall–Kier alpha value is -7.86. The van der Waals surface area contributed by atoms with Gasteiger partial charge in [0.1, 0.15) is 11.2 Å². The van der Waals surface area contributed by atoms with Crippen LogP contribution < -0.4 is 0 Å². The van der Waals surface area contributed by atoms with E-state index in [2.05, 4.69) is 137 Å². The van der Waals surface area contributed by atoms with Crippen molar-refractivity contribution in [3.8, 4) is 45.8 Å². The average molecular weight is 701 g/mol. The largest absolute Gasteiger partial charge is 0.455 e. The van der Waals surface area contributed by atoms with Crippen LogP contribution in [0.15, 0.2) is 174 Å². The number of rotatable bonds is 4. The van der Waals surface area contributed by atoms with E-state index in [1.54, 1.807) is 6.07 Å². The summed E-state index contributed by atoms with van der Waals surface area (Å²) < 4.78 is 11.3. The molecule has 11 rings (SSSR count).